The molecule has 94 valence electrons. The Kier molecular flexibility index (Phi) is 4.59. The normalized spacial score (nSPS) is 12.2. The molecule has 0 radical (unpaired) electrons. The number of aromatic carboxylic acids is 1. The molecule has 1 atom stereocenters. The summed E-state index contributed by atoms with van der Waals surface area (Å²) in [6.07, 6.45) is 0.559. The van der Waals surface area contributed by atoms with E-state index < -0.39 is 12.0 Å². The lowest BCUT2D eigenvalue weighted by atomic mass is 10.2. The zero-order valence-corrected chi connectivity index (χ0v) is 10.5. The molecule has 0 bridgehead atoms. The quantitative estimate of drug-likeness (QED) is 0.712. The van der Waals surface area contributed by atoms with Gasteiger partial charge in [0.1, 0.15) is 9.88 Å². The van der Waals surface area contributed by atoms with Gasteiger partial charge in [0.2, 0.25) is 5.91 Å². The van der Waals surface area contributed by atoms with Crippen molar-refractivity contribution in [3.63, 3.8) is 0 Å². The molecule has 1 amide bonds. The second-order valence-electron chi connectivity index (χ2n) is 3.56. The first-order valence-corrected chi connectivity index (χ1v) is 6.00. The van der Waals surface area contributed by atoms with Crippen molar-refractivity contribution in [3.05, 3.63) is 15.6 Å². The third-order valence-corrected chi connectivity index (χ3v) is 3.37. The number of nitrogens with one attached hydrogen (secondary N) is 1. The molecule has 0 aliphatic heterocycles. The average Bonchev–Trinajstić information content (AvgIpc) is 2.66. The highest BCUT2D eigenvalue weighted by molar-refractivity contribution is 7.13. The van der Waals surface area contributed by atoms with Crippen LogP contribution in [0.15, 0.2) is 0 Å². The van der Waals surface area contributed by atoms with Crippen molar-refractivity contribution in [2.24, 2.45) is 5.73 Å². The van der Waals surface area contributed by atoms with E-state index in [1.165, 1.54) is 0 Å². The average molecular weight is 257 g/mol. The van der Waals surface area contributed by atoms with Crippen molar-refractivity contribution in [3.8, 4) is 0 Å². The minimum absolute atomic E-state index is 0.203. The summed E-state index contributed by atoms with van der Waals surface area (Å²) in [5.74, 6) is -1.25. The highest BCUT2D eigenvalue weighted by atomic mass is 32.1. The number of carboxylic acids is 1. The number of aryl methyl sites for hydroxylation is 1. The number of aromatic nitrogens is 1. The van der Waals surface area contributed by atoms with Crippen LogP contribution >= 0.6 is 11.3 Å². The molecule has 0 aliphatic rings. The topological polar surface area (TPSA) is 105 Å². The molecule has 1 heterocycles. The molecule has 4 N–H and O–H groups in total. The van der Waals surface area contributed by atoms with E-state index in [-0.39, 0.29) is 17.3 Å². The zero-order valence-electron chi connectivity index (χ0n) is 9.69. The fourth-order valence-corrected chi connectivity index (χ4v) is 2.05. The number of rotatable bonds is 5. The maximum atomic E-state index is 11.4. The summed E-state index contributed by atoms with van der Waals surface area (Å²) in [5, 5.41) is 12.0. The molecule has 1 aromatic rings. The highest BCUT2D eigenvalue weighted by Crippen LogP contribution is 2.17. The van der Waals surface area contributed by atoms with Crippen LogP contribution in [0.4, 0.5) is 0 Å². The summed E-state index contributed by atoms with van der Waals surface area (Å²) >= 11 is 1.06. The van der Waals surface area contributed by atoms with Gasteiger partial charge in [-0.2, -0.15) is 0 Å². The number of nitrogens with two attached hydrogens (primary N) is 1. The number of thiazole rings is 1. The molecule has 0 aliphatic carbocycles. The van der Waals surface area contributed by atoms with Crippen molar-refractivity contribution in [1.29, 1.82) is 0 Å². The van der Waals surface area contributed by atoms with Gasteiger partial charge >= 0.3 is 5.97 Å². The van der Waals surface area contributed by atoms with Crippen LogP contribution in [0.1, 0.15) is 33.7 Å². The van der Waals surface area contributed by atoms with Crippen LogP contribution in [0, 0.1) is 6.92 Å². The molecule has 7 heteroatoms. The first kappa shape index (κ1) is 13.6. The monoisotopic (exact) mass is 257 g/mol. The Morgan fingerprint density at radius 3 is 2.71 bits per heavy atom. The van der Waals surface area contributed by atoms with Crippen LogP contribution in [0.5, 0.6) is 0 Å². The van der Waals surface area contributed by atoms with Crippen molar-refractivity contribution in [2.75, 3.05) is 0 Å². The van der Waals surface area contributed by atoms with Crippen molar-refractivity contribution >= 4 is 23.2 Å². The van der Waals surface area contributed by atoms with Gasteiger partial charge in [-0.1, -0.05) is 6.92 Å². The predicted octanol–water partition coefficient (Wildman–Crippen LogP) is 0.503. The van der Waals surface area contributed by atoms with Crippen LogP contribution in [0.2, 0.25) is 0 Å². The minimum atomic E-state index is -0.997. The maximum Gasteiger partial charge on any atom is 0.347 e. The zero-order chi connectivity index (χ0) is 13.0. The van der Waals surface area contributed by atoms with Gasteiger partial charge in [0.15, 0.2) is 0 Å². The van der Waals surface area contributed by atoms with Crippen molar-refractivity contribution in [2.45, 2.75) is 32.9 Å². The Morgan fingerprint density at radius 2 is 2.24 bits per heavy atom. The number of carboxylic acid groups (broad SMARTS) is 1. The Labute approximate surface area is 103 Å². The largest absolute Gasteiger partial charge is 0.477 e. The van der Waals surface area contributed by atoms with E-state index in [0.717, 1.165) is 11.3 Å². The third kappa shape index (κ3) is 3.50. The van der Waals surface area contributed by atoms with Gasteiger partial charge in [-0.25, -0.2) is 9.78 Å². The SMILES string of the molecule is CC[C@@H](N)C(=O)NCc1nc(C)c(C(=O)O)s1. The third-order valence-electron chi connectivity index (χ3n) is 2.23. The lowest BCUT2D eigenvalue weighted by molar-refractivity contribution is -0.122. The van der Waals surface area contributed by atoms with E-state index in [1.54, 1.807) is 6.92 Å². The summed E-state index contributed by atoms with van der Waals surface area (Å²) in [7, 11) is 0. The predicted molar refractivity (Wildman–Crippen MR) is 63.9 cm³/mol. The van der Waals surface area contributed by atoms with Gasteiger partial charge in [-0.05, 0) is 13.3 Å². The van der Waals surface area contributed by atoms with Crippen LogP contribution in [-0.4, -0.2) is 28.0 Å². The van der Waals surface area contributed by atoms with Gasteiger partial charge in [0, 0.05) is 0 Å². The summed E-state index contributed by atoms with van der Waals surface area (Å²) in [6.45, 7) is 3.66. The second-order valence-corrected chi connectivity index (χ2v) is 4.64. The fourth-order valence-electron chi connectivity index (χ4n) is 1.21. The van der Waals surface area contributed by atoms with Crippen molar-refractivity contribution in [1.82, 2.24) is 10.3 Å². The molecule has 6 nitrogen and oxygen atoms in total. The number of nitrogens with zero attached hydrogens (tertiary/aromatic N) is 1. The van der Waals surface area contributed by atoms with E-state index in [0.29, 0.717) is 17.1 Å². The van der Waals surface area contributed by atoms with E-state index in [2.05, 4.69) is 10.3 Å². The Balaban J connectivity index is 2.61. The molecule has 0 unspecified atom stereocenters. The van der Waals surface area contributed by atoms with Crippen LogP contribution in [0.3, 0.4) is 0 Å². The molecule has 1 aromatic heterocycles. The molecular weight excluding hydrogens is 242 g/mol. The molecule has 0 saturated heterocycles. The number of hydrogen-bond donors (Lipinski definition) is 3. The minimum Gasteiger partial charge on any atom is -0.477 e. The molecule has 0 aromatic carbocycles. The molecule has 0 saturated carbocycles. The van der Waals surface area contributed by atoms with Gasteiger partial charge in [0.25, 0.3) is 0 Å². The van der Waals surface area contributed by atoms with E-state index in [4.69, 9.17) is 10.8 Å². The molecular formula is C10H15N3O3S. The molecule has 1 rings (SSSR count). The maximum absolute atomic E-state index is 11.4. The van der Waals surface area contributed by atoms with E-state index in [9.17, 15) is 9.59 Å². The lowest BCUT2D eigenvalue weighted by Gasteiger charge is -2.08. The Hall–Kier alpha value is -1.47. The smallest absolute Gasteiger partial charge is 0.347 e. The van der Waals surface area contributed by atoms with Crippen LogP contribution < -0.4 is 11.1 Å². The second kappa shape index (κ2) is 5.74. The molecule has 0 spiro atoms. The summed E-state index contributed by atoms with van der Waals surface area (Å²) in [6, 6.07) is -0.532. The number of carbonyl (C=O) groups excluding carboxylic acids is 1. The number of hydrogen-bond acceptors (Lipinski definition) is 5. The van der Waals surface area contributed by atoms with E-state index >= 15 is 0 Å². The summed E-state index contributed by atoms with van der Waals surface area (Å²) in [5.41, 5.74) is 6.01. The van der Waals surface area contributed by atoms with Gasteiger partial charge in [0.05, 0.1) is 18.3 Å². The van der Waals surface area contributed by atoms with Gasteiger partial charge < -0.3 is 16.2 Å². The van der Waals surface area contributed by atoms with Gasteiger partial charge in [-0.3, -0.25) is 4.79 Å². The van der Waals surface area contributed by atoms with Crippen LogP contribution in [-0.2, 0) is 11.3 Å². The number of carbonyl (C=O) groups is 2. The summed E-state index contributed by atoms with van der Waals surface area (Å²) in [4.78, 5) is 26.5. The molecule has 17 heavy (non-hydrogen) atoms. The Bertz CT molecular complexity index is 430. The Morgan fingerprint density at radius 1 is 1.59 bits per heavy atom. The highest BCUT2D eigenvalue weighted by Gasteiger charge is 2.15. The van der Waals surface area contributed by atoms with Crippen LogP contribution in [0.25, 0.3) is 0 Å². The number of amides is 1. The van der Waals surface area contributed by atoms with Gasteiger partial charge in [-0.15, -0.1) is 11.3 Å². The first-order chi connectivity index (χ1) is 7.95. The first-order valence-electron chi connectivity index (χ1n) is 5.18. The fraction of sp³-hybridized carbons (Fsp3) is 0.500. The lowest BCUT2D eigenvalue weighted by Crippen LogP contribution is -2.39. The standard InChI is InChI=1S/C10H15N3O3S/c1-3-6(11)9(14)12-4-7-13-5(2)8(17-7)10(15)16/h6H,3-4,11H2,1-2H3,(H,12,14)(H,15,16)/t6-/m1/s1. The summed E-state index contributed by atoms with van der Waals surface area (Å²) < 4.78 is 0. The molecule has 0 fully saturated rings. The van der Waals surface area contributed by atoms with E-state index in [1.807, 2.05) is 6.92 Å². The van der Waals surface area contributed by atoms with Crippen molar-refractivity contribution < 1.29 is 14.7 Å².